The van der Waals surface area contributed by atoms with Crippen molar-refractivity contribution in [3.8, 4) is 23.2 Å². The van der Waals surface area contributed by atoms with Crippen molar-refractivity contribution < 1.29 is 22.6 Å². The zero-order chi connectivity index (χ0) is 35.7. The van der Waals surface area contributed by atoms with Crippen LogP contribution in [-0.4, -0.2) is 98.1 Å². The minimum Gasteiger partial charge on any atom is -0.474 e. The molecule has 268 valence electrons. The summed E-state index contributed by atoms with van der Waals surface area (Å²) in [4.78, 5) is 20.6. The van der Waals surface area contributed by atoms with E-state index >= 15 is 0 Å². The Morgan fingerprint density at radius 3 is 2.54 bits per heavy atom. The van der Waals surface area contributed by atoms with Gasteiger partial charge in [0.1, 0.15) is 30.3 Å². The third kappa shape index (κ3) is 8.17. The number of halogens is 3. The minimum absolute atomic E-state index is 0.0394. The smallest absolute Gasteiger partial charge is 0.451 e. The van der Waals surface area contributed by atoms with E-state index in [0.717, 1.165) is 47.8 Å². The Morgan fingerprint density at radius 2 is 1.86 bits per heavy atom. The molecule has 1 aliphatic carbocycles. The molecular formula is C34H45F3N10O2Si. The van der Waals surface area contributed by atoms with Gasteiger partial charge in [0.25, 0.3) is 0 Å². The van der Waals surface area contributed by atoms with Gasteiger partial charge in [-0.15, -0.1) is 0 Å². The van der Waals surface area contributed by atoms with Gasteiger partial charge in [0.05, 0.1) is 30.1 Å². The molecule has 0 amide bonds. The largest absolute Gasteiger partial charge is 0.474 e. The molecule has 0 radical (unpaired) electrons. The van der Waals surface area contributed by atoms with Crippen LogP contribution in [0, 0.1) is 11.3 Å². The molecule has 12 nitrogen and oxygen atoms in total. The second-order valence-corrected chi connectivity index (χ2v) is 20.7. The summed E-state index contributed by atoms with van der Waals surface area (Å²) in [5.74, 6) is -1.22. The van der Waals surface area contributed by atoms with Crippen LogP contribution in [0.4, 0.5) is 13.2 Å². The maximum Gasteiger partial charge on any atom is 0.451 e. The quantitative estimate of drug-likeness (QED) is 0.124. The molecule has 2 fully saturated rings. The van der Waals surface area contributed by atoms with Crippen molar-refractivity contribution >= 4 is 19.1 Å². The lowest BCUT2D eigenvalue weighted by Gasteiger charge is -2.53. The van der Waals surface area contributed by atoms with Gasteiger partial charge in [0, 0.05) is 69.8 Å². The highest BCUT2D eigenvalue weighted by Crippen LogP contribution is 2.39. The van der Waals surface area contributed by atoms with E-state index in [1.807, 2.05) is 27.7 Å². The lowest BCUT2D eigenvalue weighted by atomic mass is 9.82. The molecular weight excluding hydrogens is 666 g/mol. The predicted molar refractivity (Wildman–Crippen MR) is 184 cm³/mol. The third-order valence-corrected chi connectivity index (χ3v) is 11.2. The molecule has 2 aliphatic rings. The molecule has 0 atom stereocenters. The van der Waals surface area contributed by atoms with Gasteiger partial charge in [-0.2, -0.15) is 28.5 Å². The number of fused-ring (bicyclic) bond motifs is 1. The van der Waals surface area contributed by atoms with Gasteiger partial charge < -0.3 is 18.9 Å². The highest BCUT2D eigenvalue weighted by Gasteiger charge is 2.48. The Morgan fingerprint density at radius 1 is 1.10 bits per heavy atom. The van der Waals surface area contributed by atoms with Gasteiger partial charge in [0.2, 0.25) is 11.7 Å². The van der Waals surface area contributed by atoms with E-state index in [9.17, 15) is 18.4 Å². The fourth-order valence-electron chi connectivity index (χ4n) is 6.80. The molecule has 0 aromatic carbocycles. The van der Waals surface area contributed by atoms with E-state index in [4.69, 9.17) is 14.6 Å². The van der Waals surface area contributed by atoms with Gasteiger partial charge in [-0.05, 0) is 51.9 Å². The number of likely N-dealkylation sites (tertiary alicyclic amines) is 1. The molecule has 5 heterocycles. The molecule has 4 aromatic heterocycles. The van der Waals surface area contributed by atoms with E-state index < -0.39 is 25.6 Å². The molecule has 0 N–H and O–H groups in total. The molecule has 4 aromatic rings. The average molecular weight is 711 g/mol. The van der Waals surface area contributed by atoms with E-state index in [-0.39, 0.29) is 30.3 Å². The first-order valence-corrected chi connectivity index (χ1v) is 20.7. The van der Waals surface area contributed by atoms with Crippen LogP contribution in [-0.2, 0) is 29.7 Å². The SMILES string of the molecule is CN(C)Cc1cc(O[C@H]2CC[C@@H](N3CC(CC#N)(n4cc(-c5ncnc6c5ccn6COCC[Si](C)(C)C)cn4)C3)CC2)nc(C(F)(F)F)n1. The normalized spacial score (nSPS) is 19.8. The van der Waals surface area contributed by atoms with Gasteiger partial charge in [-0.25, -0.2) is 15.0 Å². The summed E-state index contributed by atoms with van der Waals surface area (Å²) in [5, 5.41) is 15.4. The second-order valence-electron chi connectivity index (χ2n) is 15.0. The van der Waals surface area contributed by atoms with Crippen LogP contribution in [0.1, 0.15) is 43.6 Å². The van der Waals surface area contributed by atoms with Crippen molar-refractivity contribution in [3.63, 3.8) is 0 Å². The van der Waals surface area contributed by atoms with Crippen LogP contribution in [0.3, 0.4) is 0 Å². The summed E-state index contributed by atoms with van der Waals surface area (Å²) >= 11 is 0. The van der Waals surface area contributed by atoms with Gasteiger partial charge in [-0.1, -0.05) is 19.6 Å². The van der Waals surface area contributed by atoms with Gasteiger partial charge >= 0.3 is 6.18 Å². The molecule has 0 unspecified atom stereocenters. The van der Waals surface area contributed by atoms with Crippen molar-refractivity contribution in [2.45, 2.75) is 94.9 Å². The molecule has 50 heavy (non-hydrogen) atoms. The average Bonchev–Trinajstić information content (AvgIpc) is 3.68. The maximum absolute atomic E-state index is 13.5. The van der Waals surface area contributed by atoms with Gasteiger partial charge in [0.15, 0.2) is 0 Å². The third-order valence-electron chi connectivity index (χ3n) is 9.46. The number of nitriles is 1. The summed E-state index contributed by atoms with van der Waals surface area (Å²) in [6.45, 7) is 9.74. The Labute approximate surface area is 291 Å². The van der Waals surface area contributed by atoms with Crippen LogP contribution in [0.25, 0.3) is 22.3 Å². The van der Waals surface area contributed by atoms with Crippen LogP contribution >= 0.6 is 0 Å². The Kier molecular flexibility index (Phi) is 10.3. The lowest BCUT2D eigenvalue weighted by molar-refractivity contribution is -0.145. The zero-order valence-electron chi connectivity index (χ0n) is 29.3. The molecule has 1 saturated heterocycles. The lowest BCUT2D eigenvalue weighted by Crippen LogP contribution is -2.65. The molecule has 1 aliphatic heterocycles. The van der Waals surface area contributed by atoms with Crippen LogP contribution < -0.4 is 4.74 Å². The number of alkyl halides is 3. The minimum atomic E-state index is -4.66. The molecule has 0 spiro atoms. The topological polar surface area (TPSA) is 123 Å². The molecule has 16 heteroatoms. The molecule has 0 bridgehead atoms. The standard InChI is InChI=1S/C34H45F3N10O2Si/c1-44(2)19-25-16-29(43-32(42-25)34(35,36)37)49-27-8-6-26(7-9-27)46-20-33(21-46,11-12-38)47-18-24(17-41-47)30-28-10-13-45(31(28)40-22-39-30)23-48-14-15-50(3,4)5/h10,13,16-18,22,26-27H,6-9,11,14-15,19-21,23H2,1-5H3/t26-,27+. The first-order valence-electron chi connectivity index (χ1n) is 17.0. The van der Waals surface area contributed by atoms with E-state index in [1.54, 1.807) is 31.5 Å². The van der Waals surface area contributed by atoms with Crippen molar-refractivity contribution in [2.75, 3.05) is 33.8 Å². The number of ether oxygens (including phenoxy) is 2. The second kappa shape index (κ2) is 14.4. The van der Waals surface area contributed by atoms with E-state index in [1.165, 1.54) is 6.07 Å². The fraction of sp³-hybridized carbons (Fsp3) is 0.588. The van der Waals surface area contributed by atoms with Crippen molar-refractivity contribution in [1.29, 1.82) is 5.26 Å². The molecule has 1 saturated carbocycles. The van der Waals surface area contributed by atoms with Crippen molar-refractivity contribution in [2.24, 2.45) is 0 Å². The first-order chi connectivity index (χ1) is 23.7. The number of hydrogen-bond acceptors (Lipinski definition) is 10. The predicted octanol–water partition coefficient (Wildman–Crippen LogP) is 5.79. The number of nitrogens with zero attached hydrogens (tertiary/aromatic N) is 10. The highest BCUT2D eigenvalue weighted by molar-refractivity contribution is 6.76. The summed E-state index contributed by atoms with van der Waals surface area (Å²) in [7, 11) is 2.36. The van der Waals surface area contributed by atoms with Crippen LogP contribution in [0.2, 0.25) is 25.7 Å². The number of hydrogen-bond donors (Lipinski definition) is 0. The Bertz CT molecular complexity index is 1820. The number of aromatic nitrogens is 7. The Balaban J connectivity index is 1.08. The summed E-state index contributed by atoms with van der Waals surface area (Å²) in [6.07, 6.45) is 5.79. The van der Waals surface area contributed by atoms with Crippen molar-refractivity contribution in [3.05, 3.63) is 48.6 Å². The summed E-state index contributed by atoms with van der Waals surface area (Å²) in [5.41, 5.74) is 2.24. The highest BCUT2D eigenvalue weighted by atomic mass is 28.3. The first kappa shape index (κ1) is 35.9. The van der Waals surface area contributed by atoms with Crippen molar-refractivity contribution in [1.82, 2.24) is 44.1 Å². The van der Waals surface area contributed by atoms with E-state index in [2.05, 4.69) is 50.5 Å². The molecule has 6 rings (SSSR count). The number of rotatable bonds is 13. The van der Waals surface area contributed by atoms with Crippen LogP contribution in [0.5, 0.6) is 5.88 Å². The monoisotopic (exact) mass is 710 g/mol. The van der Waals surface area contributed by atoms with Crippen LogP contribution in [0.15, 0.2) is 37.1 Å². The maximum atomic E-state index is 13.5. The summed E-state index contributed by atoms with van der Waals surface area (Å²) in [6, 6.07) is 7.25. The van der Waals surface area contributed by atoms with E-state index in [0.29, 0.717) is 39.1 Å². The fourth-order valence-corrected chi connectivity index (χ4v) is 7.56. The van der Waals surface area contributed by atoms with Gasteiger partial charge in [-0.3, -0.25) is 9.58 Å². The zero-order valence-corrected chi connectivity index (χ0v) is 30.3. The summed E-state index contributed by atoms with van der Waals surface area (Å²) < 4.78 is 56.3. The Hall–Kier alpha value is -3.91.